The van der Waals surface area contributed by atoms with Crippen LogP contribution in [0.15, 0.2) is 0 Å². The normalized spacial score (nSPS) is 18.4. The molecule has 0 aromatic heterocycles. The molecular formula is C11H16N2O3S. The Bertz CT molecular complexity index is 321. The van der Waals surface area contributed by atoms with E-state index in [9.17, 15) is 9.59 Å². The van der Waals surface area contributed by atoms with Crippen LogP contribution >= 0.6 is 11.8 Å². The van der Waals surface area contributed by atoms with Crippen LogP contribution in [0.1, 0.15) is 12.8 Å². The monoisotopic (exact) mass is 256 g/mol. The van der Waals surface area contributed by atoms with Crippen LogP contribution in [-0.4, -0.2) is 52.6 Å². The second-order valence-electron chi connectivity index (χ2n) is 3.78. The summed E-state index contributed by atoms with van der Waals surface area (Å²) in [7, 11) is 0. The van der Waals surface area contributed by atoms with E-state index in [4.69, 9.17) is 11.5 Å². The molecule has 0 saturated carbocycles. The molecule has 0 spiro atoms. The number of hydrogen-bond acceptors (Lipinski definition) is 3. The average molecular weight is 256 g/mol. The van der Waals surface area contributed by atoms with Gasteiger partial charge in [0.05, 0.1) is 6.54 Å². The summed E-state index contributed by atoms with van der Waals surface area (Å²) in [6, 6.07) is -0.405. The molecule has 0 aromatic rings. The number of hydrogen-bond donors (Lipinski definition) is 2. The van der Waals surface area contributed by atoms with Crippen LogP contribution in [0.25, 0.3) is 0 Å². The largest absolute Gasteiger partial charge is 0.480 e. The maximum absolute atomic E-state index is 11.7. The zero-order chi connectivity index (χ0) is 12.7. The Hall–Kier alpha value is -1.35. The highest BCUT2D eigenvalue weighted by Crippen LogP contribution is 2.25. The molecule has 17 heavy (non-hydrogen) atoms. The number of terminal acetylenes is 1. The van der Waals surface area contributed by atoms with Crippen molar-refractivity contribution < 1.29 is 14.7 Å². The third kappa shape index (κ3) is 5.00. The first-order valence-corrected chi connectivity index (χ1v) is 6.48. The molecule has 1 saturated heterocycles. The zero-order valence-electron chi connectivity index (χ0n) is 9.52. The van der Waals surface area contributed by atoms with Crippen molar-refractivity contribution in [1.29, 1.82) is 0 Å². The molecule has 0 aliphatic carbocycles. The third-order valence-corrected chi connectivity index (χ3v) is 3.80. The number of carboxylic acid groups (broad SMARTS) is 1. The van der Waals surface area contributed by atoms with E-state index >= 15 is 0 Å². The fourth-order valence-corrected chi connectivity index (χ4v) is 2.79. The average Bonchev–Trinajstić information content (AvgIpc) is 2.77. The van der Waals surface area contributed by atoms with Crippen LogP contribution in [0.3, 0.4) is 0 Å². The molecule has 1 fully saturated rings. The van der Waals surface area contributed by atoms with Crippen LogP contribution in [0.5, 0.6) is 0 Å². The number of aliphatic carboxylic acids is 1. The van der Waals surface area contributed by atoms with Crippen molar-refractivity contribution in [3.8, 4) is 12.3 Å². The molecule has 1 unspecified atom stereocenters. The topological polar surface area (TPSA) is 69.6 Å². The Kier molecular flexibility index (Phi) is 5.70. The van der Waals surface area contributed by atoms with Gasteiger partial charge in [0.2, 0.25) is 0 Å². The van der Waals surface area contributed by atoms with Crippen molar-refractivity contribution in [2.45, 2.75) is 18.1 Å². The maximum atomic E-state index is 11.7. The van der Waals surface area contributed by atoms with E-state index in [1.165, 1.54) is 6.42 Å². The number of nitrogens with one attached hydrogen (secondary N) is 1. The highest BCUT2D eigenvalue weighted by molar-refractivity contribution is 8.00. The van der Waals surface area contributed by atoms with Gasteiger partial charge in [0.15, 0.2) is 0 Å². The van der Waals surface area contributed by atoms with Crippen molar-refractivity contribution in [2.75, 3.05) is 25.4 Å². The van der Waals surface area contributed by atoms with E-state index in [1.807, 2.05) is 11.8 Å². The molecule has 1 atom stereocenters. The first-order chi connectivity index (χ1) is 8.13. The Morgan fingerprint density at radius 1 is 1.59 bits per heavy atom. The number of nitrogens with zero attached hydrogens (tertiary/aromatic N) is 1. The van der Waals surface area contributed by atoms with Gasteiger partial charge in [-0.1, -0.05) is 5.92 Å². The second kappa shape index (κ2) is 7.07. The lowest BCUT2D eigenvalue weighted by Gasteiger charge is -2.19. The molecule has 1 aliphatic heterocycles. The predicted octanol–water partition coefficient (Wildman–Crippen LogP) is 0.611. The number of thioether (sulfide) groups is 1. The summed E-state index contributed by atoms with van der Waals surface area (Å²) >= 11 is 1.83. The standard InChI is InChI=1S/C11H16N2O3S/c1-2-5-13(8-10(14)15)11(16)12-7-9-4-3-6-17-9/h1,9H,3-8H2,(H,12,16)(H,14,15). The Morgan fingerprint density at radius 2 is 2.35 bits per heavy atom. The van der Waals surface area contributed by atoms with E-state index in [-0.39, 0.29) is 13.1 Å². The van der Waals surface area contributed by atoms with Crippen LogP contribution in [0.4, 0.5) is 4.79 Å². The highest BCUT2D eigenvalue weighted by atomic mass is 32.2. The minimum Gasteiger partial charge on any atom is -0.480 e. The molecule has 1 aliphatic rings. The van der Waals surface area contributed by atoms with Gasteiger partial charge in [-0.05, 0) is 18.6 Å². The summed E-state index contributed by atoms with van der Waals surface area (Å²) in [5, 5.41) is 11.8. The van der Waals surface area contributed by atoms with Crippen LogP contribution in [0, 0.1) is 12.3 Å². The smallest absolute Gasteiger partial charge is 0.323 e. The van der Waals surface area contributed by atoms with E-state index < -0.39 is 12.0 Å². The van der Waals surface area contributed by atoms with Gasteiger partial charge >= 0.3 is 12.0 Å². The SMILES string of the molecule is C#CCN(CC(=O)O)C(=O)NCC1CCCS1. The quantitative estimate of drug-likeness (QED) is 0.707. The summed E-state index contributed by atoms with van der Waals surface area (Å²) in [5.41, 5.74) is 0. The molecular weight excluding hydrogens is 240 g/mol. The molecule has 1 heterocycles. The lowest BCUT2D eigenvalue weighted by molar-refractivity contribution is -0.137. The Labute approximate surface area is 105 Å². The van der Waals surface area contributed by atoms with Gasteiger partial charge in [-0.3, -0.25) is 4.79 Å². The van der Waals surface area contributed by atoms with Gasteiger partial charge in [0, 0.05) is 11.8 Å². The van der Waals surface area contributed by atoms with Crippen LogP contribution in [0.2, 0.25) is 0 Å². The van der Waals surface area contributed by atoms with E-state index in [2.05, 4.69) is 11.2 Å². The van der Waals surface area contributed by atoms with Gasteiger partial charge in [-0.15, -0.1) is 6.42 Å². The molecule has 0 aromatic carbocycles. The van der Waals surface area contributed by atoms with Crippen LogP contribution in [-0.2, 0) is 4.79 Å². The first kappa shape index (κ1) is 13.7. The summed E-state index contributed by atoms with van der Waals surface area (Å²) in [5.74, 6) is 2.34. The van der Waals surface area contributed by atoms with E-state index in [1.54, 1.807) is 0 Å². The molecule has 6 heteroatoms. The van der Waals surface area contributed by atoms with Gasteiger partial charge < -0.3 is 15.3 Å². The van der Waals surface area contributed by atoms with Crippen molar-refractivity contribution in [3.63, 3.8) is 0 Å². The van der Waals surface area contributed by atoms with Gasteiger partial charge in [-0.2, -0.15) is 11.8 Å². The lowest BCUT2D eigenvalue weighted by atomic mass is 10.2. The number of carbonyl (C=O) groups excluding carboxylic acids is 1. The minimum atomic E-state index is -1.06. The third-order valence-electron chi connectivity index (χ3n) is 2.40. The number of carbonyl (C=O) groups is 2. The minimum absolute atomic E-state index is 0.00986. The molecule has 2 amide bonds. The maximum Gasteiger partial charge on any atom is 0.323 e. The van der Waals surface area contributed by atoms with Crippen LogP contribution < -0.4 is 5.32 Å². The first-order valence-electron chi connectivity index (χ1n) is 5.43. The molecule has 2 N–H and O–H groups in total. The second-order valence-corrected chi connectivity index (χ2v) is 5.18. The van der Waals surface area contributed by atoms with E-state index in [0.29, 0.717) is 11.8 Å². The Balaban J connectivity index is 2.35. The van der Waals surface area contributed by atoms with Crippen molar-refractivity contribution in [3.05, 3.63) is 0 Å². The van der Waals surface area contributed by atoms with E-state index in [0.717, 1.165) is 17.1 Å². The molecule has 0 bridgehead atoms. The molecule has 1 rings (SSSR count). The lowest BCUT2D eigenvalue weighted by Crippen LogP contribution is -2.44. The van der Waals surface area contributed by atoms with Gasteiger partial charge in [0.1, 0.15) is 6.54 Å². The Morgan fingerprint density at radius 3 is 2.88 bits per heavy atom. The van der Waals surface area contributed by atoms with Crippen molar-refractivity contribution in [1.82, 2.24) is 10.2 Å². The number of amides is 2. The number of urea groups is 1. The molecule has 94 valence electrons. The summed E-state index contributed by atoms with van der Waals surface area (Å²) in [4.78, 5) is 23.3. The fourth-order valence-electron chi connectivity index (χ4n) is 1.59. The summed E-state index contributed by atoms with van der Waals surface area (Å²) in [6.45, 7) is 0.216. The van der Waals surface area contributed by atoms with Crippen molar-refractivity contribution in [2.24, 2.45) is 0 Å². The summed E-state index contributed by atoms with van der Waals surface area (Å²) in [6.07, 6.45) is 7.36. The number of rotatable bonds is 5. The molecule has 0 radical (unpaired) electrons. The fraction of sp³-hybridized carbons (Fsp3) is 0.636. The summed E-state index contributed by atoms with van der Waals surface area (Å²) < 4.78 is 0. The predicted molar refractivity (Wildman–Crippen MR) is 66.9 cm³/mol. The van der Waals surface area contributed by atoms with Crippen molar-refractivity contribution >= 4 is 23.8 Å². The van der Waals surface area contributed by atoms with Gasteiger partial charge in [-0.25, -0.2) is 4.79 Å². The van der Waals surface area contributed by atoms with Gasteiger partial charge in [0.25, 0.3) is 0 Å². The number of carboxylic acids is 1. The zero-order valence-corrected chi connectivity index (χ0v) is 10.3. The highest BCUT2D eigenvalue weighted by Gasteiger charge is 2.19. The molecule has 5 nitrogen and oxygen atoms in total.